The van der Waals surface area contributed by atoms with Crippen molar-refractivity contribution in [2.75, 3.05) is 0 Å². The van der Waals surface area contributed by atoms with Crippen molar-refractivity contribution in [1.29, 1.82) is 0 Å². The summed E-state index contributed by atoms with van der Waals surface area (Å²) in [5.41, 5.74) is 1.68. The lowest BCUT2D eigenvalue weighted by molar-refractivity contribution is -0.134. The molecule has 4 heteroatoms. The molecule has 0 bridgehead atoms. The molecule has 1 amide bonds. The molecule has 0 aliphatic heterocycles. The zero-order chi connectivity index (χ0) is 17.2. The second kappa shape index (κ2) is 7.03. The Morgan fingerprint density at radius 2 is 1.72 bits per heavy atom. The molecule has 2 saturated carbocycles. The van der Waals surface area contributed by atoms with E-state index in [9.17, 15) is 4.79 Å². The number of hydrogen-bond acceptors (Lipinski definition) is 3. The summed E-state index contributed by atoms with van der Waals surface area (Å²) in [7, 11) is 0. The third kappa shape index (κ3) is 3.78. The van der Waals surface area contributed by atoms with Gasteiger partial charge in [0.05, 0.1) is 12.1 Å². The van der Waals surface area contributed by atoms with Crippen LogP contribution in [0, 0.1) is 5.92 Å². The van der Waals surface area contributed by atoms with Gasteiger partial charge in [0.25, 0.3) is 0 Å². The minimum atomic E-state index is 0.218. The number of oxazole rings is 1. The Morgan fingerprint density at radius 3 is 2.36 bits per heavy atom. The minimum Gasteiger partial charge on any atom is -0.444 e. The van der Waals surface area contributed by atoms with Crippen LogP contribution in [0.4, 0.5) is 0 Å². The number of carbonyl (C=O) groups excluding carboxylic acids is 1. The molecule has 4 nitrogen and oxygen atoms in total. The summed E-state index contributed by atoms with van der Waals surface area (Å²) in [6.07, 6.45) is 9.08. The standard InChI is InChI=1S/C21H26N2O2/c1-15-7-9-18(10-8-15)23(19-11-12-19)20(24)13-17-14-25-21(22-17)16-5-3-2-4-6-16/h2-6,14-15,18-19H,7-13H2,1H3. The van der Waals surface area contributed by atoms with E-state index >= 15 is 0 Å². The van der Waals surface area contributed by atoms with Crippen molar-refractivity contribution >= 4 is 5.91 Å². The lowest BCUT2D eigenvalue weighted by Gasteiger charge is -2.36. The van der Waals surface area contributed by atoms with Gasteiger partial charge in [-0.3, -0.25) is 4.79 Å². The molecule has 25 heavy (non-hydrogen) atoms. The SMILES string of the molecule is CC1CCC(N(C(=O)Cc2coc(-c3ccccc3)n2)C2CC2)CC1. The molecule has 0 saturated heterocycles. The van der Waals surface area contributed by atoms with Crippen molar-refractivity contribution < 1.29 is 9.21 Å². The maximum Gasteiger partial charge on any atom is 0.229 e. The molecule has 0 unspecified atom stereocenters. The van der Waals surface area contributed by atoms with Crippen LogP contribution >= 0.6 is 0 Å². The molecule has 1 aromatic heterocycles. The smallest absolute Gasteiger partial charge is 0.229 e. The highest BCUT2D eigenvalue weighted by Gasteiger charge is 2.38. The number of hydrogen-bond donors (Lipinski definition) is 0. The van der Waals surface area contributed by atoms with Crippen LogP contribution < -0.4 is 0 Å². The van der Waals surface area contributed by atoms with Gasteiger partial charge in [-0.2, -0.15) is 0 Å². The van der Waals surface area contributed by atoms with Gasteiger partial charge in [0.1, 0.15) is 6.26 Å². The number of rotatable bonds is 5. The van der Waals surface area contributed by atoms with Crippen molar-refractivity contribution in [2.24, 2.45) is 5.92 Å². The van der Waals surface area contributed by atoms with Crippen LogP contribution in [0.15, 0.2) is 41.0 Å². The zero-order valence-corrected chi connectivity index (χ0v) is 14.9. The van der Waals surface area contributed by atoms with Gasteiger partial charge in [-0.1, -0.05) is 25.1 Å². The first-order valence-corrected chi connectivity index (χ1v) is 9.51. The zero-order valence-electron chi connectivity index (χ0n) is 14.9. The summed E-state index contributed by atoms with van der Waals surface area (Å²) in [5.74, 6) is 1.61. The summed E-state index contributed by atoms with van der Waals surface area (Å²) >= 11 is 0. The van der Waals surface area contributed by atoms with Crippen LogP contribution in [0.2, 0.25) is 0 Å². The first kappa shape index (κ1) is 16.4. The molecule has 0 N–H and O–H groups in total. The minimum absolute atomic E-state index is 0.218. The predicted molar refractivity (Wildman–Crippen MR) is 96.9 cm³/mol. The normalized spacial score (nSPS) is 23.4. The highest BCUT2D eigenvalue weighted by Crippen LogP contribution is 2.35. The van der Waals surface area contributed by atoms with Crippen LogP contribution in [-0.2, 0) is 11.2 Å². The van der Waals surface area contributed by atoms with E-state index in [2.05, 4.69) is 16.8 Å². The molecule has 1 heterocycles. The summed E-state index contributed by atoms with van der Waals surface area (Å²) < 4.78 is 5.59. The topological polar surface area (TPSA) is 46.3 Å². The Labute approximate surface area is 149 Å². The quantitative estimate of drug-likeness (QED) is 0.809. The predicted octanol–water partition coefficient (Wildman–Crippen LogP) is 4.45. The molecule has 2 aromatic rings. The number of aromatic nitrogens is 1. The maximum absolute atomic E-state index is 13.0. The Balaban J connectivity index is 1.44. The Hall–Kier alpha value is -2.10. The van der Waals surface area contributed by atoms with Crippen LogP contribution in [0.3, 0.4) is 0 Å². The van der Waals surface area contributed by atoms with Crippen molar-refractivity contribution in [3.63, 3.8) is 0 Å². The highest BCUT2D eigenvalue weighted by molar-refractivity contribution is 5.79. The number of nitrogens with zero attached hydrogens (tertiary/aromatic N) is 2. The van der Waals surface area contributed by atoms with Crippen LogP contribution in [0.25, 0.3) is 11.5 Å². The van der Waals surface area contributed by atoms with E-state index in [-0.39, 0.29) is 5.91 Å². The van der Waals surface area contributed by atoms with E-state index < -0.39 is 0 Å². The molecular weight excluding hydrogens is 312 g/mol. The first-order chi connectivity index (χ1) is 12.2. The summed E-state index contributed by atoms with van der Waals surface area (Å²) in [6.45, 7) is 2.32. The van der Waals surface area contributed by atoms with Crippen LogP contribution in [0.1, 0.15) is 51.1 Å². The second-order valence-electron chi connectivity index (χ2n) is 7.63. The van der Waals surface area contributed by atoms with Crippen molar-refractivity contribution in [3.8, 4) is 11.5 Å². The summed E-state index contributed by atoms with van der Waals surface area (Å²) in [4.78, 5) is 19.7. The average molecular weight is 338 g/mol. The highest BCUT2D eigenvalue weighted by atomic mass is 16.3. The first-order valence-electron chi connectivity index (χ1n) is 9.51. The summed E-state index contributed by atoms with van der Waals surface area (Å²) in [5, 5.41) is 0. The molecular formula is C21H26N2O2. The van der Waals surface area contributed by atoms with Crippen LogP contribution in [-0.4, -0.2) is 27.9 Å². The molecule has 2 aliphatic rings. The number of benzene rings is 1. The van der Waals surface area contributed by atoms with Crippen molar-refractivity contribution in [1.82, 2.24) is 9.88 Å². The van der Waals surface area contributed by atoms with E-state index in [0.29, 0.717) is 24.4 Å². The number of amides is 1. The van der Waals surface area contributed by atoms with Gasteiger partial charge in [-0.25, -0.2) is 4.98 Å². The van der Waals surface area contributed by atoms with Crippen LogP contribution in [0.5, 0.6) is 0 Å². The molecule has 2 fully saturated rings. The Morgan fingerprint density at radius 1 is 1.08 bits per heavy atom. The number of carbonyl (C=O) groups is 1. The fourth-order valence-electron chi connectivity index (χ4n) is 3.93. The largest absolute Gasteiger partial charge is 0.444 e. The monoisotopic (exact) mass is 338 g/mol. The second-order valence-corrected chi connectivity index (χ2v) is 7.63. The van der Waals surface area contributed by atoms with Crippen molar-refractivity contribution in [3.05, 3.63) is 42.3 Å². The molecule has 0 radical (unpaired) electrons. The fraction of sp³-hybridized carbons (Fsp3) is 0.524. The van der Waals surface area contributed by atoms with Crippen molar-refractivity contribution in [2.45, 2.75) is 64.0 Å². The fourth-order valence-corrected chi connectivity index (χ4v) is 3.93. The van der Waals surface area contributed by atoms with Gasteiger partial charge in [-0.05, 0) is 56.6 Å². The molecule has 4 rings (SSSR count). The molecule has 132 valence electrons. The third-order valence-corrected chi connectivity index (χ3v) is 5.51. The van der Waals surface area contributed by atoms with Gasteiger partial charge in [0.15, 0.2) is 0 Å². The Bertz CT molecular complexity index is 713. The lowest BCUT2D eigenvalue weighted by Crippen LogP contribution is -2.44. The van der Waals surface area contributed by atoms with E-state index in [4.69, 9.17) is 4.42 Å². The summed E-state index contributed by atoms with van der Waals surface area (Å²) in [6, 6.07) is 10.7. The van der Waals surface area contributed by atoms with E-state index in [1.165, 1.54) is 12.8 Å². The molecule has 2 aliphatic carbocycles. The van der Waals surface area contributed by atoms with Gasteiger partial charge in [0, 0.05) is 17.6 Å². The van der Waals surface area contributed by atoms with E-state index in [1.807, 2.05) is 30.3 Å². The van der Waals surface area contributed by atoms with Gasteiger partial charge in [-0.15, -0.1) is 0 Å². The lowest BCUT2D eigenvalue weighted by atomic mass is 9.86. The molecule has 0 atom stereocenters. The average Bonchev–Trinajstić information content (AvgIpc) is 3.35. The van der Waals surface area contributed by atoms with E-state index in [0.717, 1.165) is 42.9 Å². The third-order valence-electron chi connectivity index (χ3n) is 5.51. The molecule has 0 spiro atoms. The Kier molecular flexibility index (Phi) is 4.60. The van der Waals surface area contributed by atoms with Gasteiger partial charge >= 0.3 is 0 Å². The van der Waals surface area contributed by atoms with E-state index in [1.54, 1.807) is 6.26 Å². The van der Waals surface area contributed by atoms with Gasteiger partial charge < -0.3 is 9.32 Å². The maximum atomic E-state index is 13.0. The molecule has 1 aromatic carbocycles. The van der Waals surface area contributed by atoms with Gasteiger partial charge in [0.2, 0.25) is 11.8 Å².